The number of carbonyl (C=O) groups excluding carboxylic acids is 1. The van der Waals surface area contributed by atoms with E-state index in [0.717, 1.165) is 45.4 Å². The van der Waals surface area contributed by atoms with E-state index in [9.17, 15) is 9.90 Å². The summed E-state index contributed by atoms with van der Waals surface area (Å²) in [5.74, 6) is 0.957. The number of hydrogen-bond donors (Lipinski definition) is 1. The van der Waals surface area contributed by atoms with Crippen LogP contribution in [0.3, 0.4) is 0 Å². The van der Waals surface area contributed by atoms with Crippen molar-refractivity contribution in [3.05, 3.63) is 0 Å². The second-order valence-electron chi connectivity index (χ2n) is 7.34. The van der Waals surface area contributed by atoms with Crippen LogP contribution in [0, 0.1) is 11.8 Å². The number of aliphatic hydroxyl groups excluding tert-OH is 1. The number of amides is 1. The number of nitrogens with zero attached hydrogens (tertiary/aromatic N) is 1. The molecule has 2 heterocycles. The molecule has 2 rings (SSSR count). The first-order valence-corrected chi connectivity index (χ1v) is 8.09. The van der Waals surface area contributed by atoms with Crippen LogP contribution in [0.2, 0.25) is 0 Å². The SMILES string of the molecule is CC(C)(C)OC(=O)N1CCC(CC2CCOCC2O)CC1. The largest absolute Gasteiger partial charge is 0.444 e. The van der Waals surface area contributed by atoms with Crippen LogP contribution in [-0.4, -0.2) is 54.1 Å². The van der Waals surface area contributed by atoms with E-state index in [0.29, 0.717) is 18.4 Å². The van der Waals surface area contributed by atoms with Gasteiger partial charge in [-0.1, -0.05) is 0 Å². The molecule has 0 radical (unpaired) electrons. The Balaban J connectivity index is 1.74. The Bertz CT molecular complexity index is 345. The molecular weight excluding hydrogens is 270 g/mol. The van der Waals surface area contributed by atoms with Gasteiger partial charge in [0.2, 0.25) is 0 Å². The molecule has 2 aliphatic rings. The summed E-state index contributed by atoms with van der Waals surface area (Å²) in [5, 5.41) is 9.96. The van der Waals surface area contributed by atoms with Gasteiger partial charge in [-0.2, -0.15) is 0 Å². The molecule has 2 unspecified atom stereocenters. The summed E-state index contributed by atoms with van der Waals surface area (Å²) < 4.78 is 10.7. The van der Waals surface area contributed by atoms with Crippen LogP contribution in [0.25, 0.3) is 0 Å². The lowest BCUT2D eigenvalue weighted by Crippen LogP contribution is -2.42. The van der Waals surface area contributed by atoms with Gasteiger partial charge < -0.3 is 19.5 Å². The lowest BCUT2D eigenvalue weighted by Gasteiger charge is -2.36. The first-order chi connectivity index (χ1) is 9.85. The van der Waals surface area contributed by atoms with Gasteiger partial charge in [0.15, 0.2) is 0 Å². The Morgan fingerprint density at radius 2 is 1.95 bits per heavy atom. The molecule has 0 aromatic carbocycles. The third kappa shape index (κ3) is 5.15. The van der Waals surface area contributed by atoms with Crippen LogP contribution in [0.15, 0.2) is 0 Å². The molecule has 5 nitrogen and oxygen atoms in total. The van der Waals surface area contributed by atoms with Gasteiger partial charge in [0.05, 0.1) is 12.7 Å². The summed E-state index contributed by atoms with van der Waals surface area (Å²) in [5.41, 5.74) is -0.430. The van der Waals surface area contributed by atoms with Crippen molar-refractivity contribution in [3.63, 3.8) is 0 Å². The zero-order valence-electron chi connectivity index (χ0n) is 13.5. The summed E-state index contributed by atoms with van der Waals surface area (Å²) in [6, 6.07) is 0. The smallest absolute Gasteiger partial charge is 0.410 e. The predicted octanol–water partition coefficient (Wildman–Crippen LogP) is 2.42. The number of carbonyl (C=O) groups is 1. The second-order valence-corrected chi connectivity index (χ2v) is 7.34. The standard InChI is InChI=1S/C16H29NO4/c1-16(2,3)21-15(19)17-7-4-12(5-8-17)10-13-6-9-20-11-14(13)18/h12-14,18H,4-11H2,1-3H3. The molecule has 1 N–H and O–H groups in total. The molecule has 122 valence electrons. The molecular formula is C16H29NO4. The van der Waals surface area contributed by atoms with E-state index in [1.165, 1.54) is 0 Å². The van der Waals surface area contributed by atoms with Crippen LogP contribution in [0.1, 0.15) is 46.5 Å². The fraction of sp³-hybridized carbons (Fsp3) is 0.938. The van der Waals surface area contributed by atoms with Crippen LogP contribution < -0.4 is 0 Å². The topological polar surface area (TPSA) is 59.0 Å². The predicted molar refractivity (Wildman–Crippen MR) is 80.1 cm³/mol. The molecule has 2 atom stereocenters. The van der Waals surface area contributed by atoms with Crippen LogP contribution in [-0.2, 0) is 9.47 Å². The summed E-state index contributed by atoms with van der Waals surface area (Å²) >= 11 is 0. The van der Waals surface area contributed by atoms with Crippen LogP contribution in [0.5, 0.6) is 0 Å². The minimum absolute atomic E-state index is 0.202. The third-order valence-electron chi connectivity index (χ3n) is 4.37. The summed E-state index contributed by atoms with van der Waals surface area (Å²) in [6.45, 7) is 8.44. The average Bonchev–Trinajstić information content (AvgIpc) is 2.40. The lowest BCUT2D eigenvalue weighted by molar-refractivity contribution is -0.0527. The summed E-state index contributed by atoms with van der Waals surface area (Å²) in [4.78, 5) is 13.8. The first kappa shape index (κ1) is 16.6. The maximum absolute atomic E-state index is 12.0. The number of ether oxygens (including phenoxy) is 2. The van der Waals surface area contributed by atoms with E-state index in [1.54, 1.807) is 0 Å². The Morgan fingerprint density at radius 3 is 2.52 bits per heavy atom. The highest BCUT2D eigenvalue weighted by atomic mass is 16.6. The van der Waals surface area contributed by atoms with E-state index in [1.807, 2.05) is 25.7 Å². The normalized spacial score (nSPS) is 28.5. The quantitative estimate of drug-likeness (QED) is 0.850. The molecule has 1 amide bonds. The molecule has 2 saturated heterocycles. The van der Waals surface area contributed by atoms with Crippen molar-refractivity contribution in [3.8, 4) is 0 Å². The highest BCUT2D eigenvalue weighted by Crippen LogP contribution is 2.30. The molecule has 2 aliphatic heterocycles. The zero-order chi connectivity index (χ0) is 15.5. The van der Waals surface area contributed by atoms with Crippen molar-refractivity contribution in [2.75, 3.05) is 26.3 Å². The van der Waals surface area contributed by atoms with E-state index >= 15 is 0 Å². The Morgan fingerprint density at radius 1 is 1.29 bits per heavy atom. The minimum Gasteiger partial charge on any atom is -0.444 e. The van der Waals surface area contributed by atoms with E-state index in [2.05, 4.69) is 0 Å². The molecule has 0 saturated carbocycles. The van der Waals surface area contributed by atoms with Crippen LogP contribution >= 0.6 is 0 Å². The molecule has 0 spiro atoms. The Kier molecular flexibility index (Phi) is 5.49. The van der Waals surface area contributed by atoms with Crippen molar-refractivity contribution in [2.24, 2.45) is 11.8 Å². The molecule has 2 fully saturated rings. The maximum atomic E-state index is 12.0. The van der Waals surface area contributed by atoms with E-state index < -0.39 is 5.60 Å². The second kappa shape index (κ2) is 6.97. The minimum atomic E-state index is -0.430. The maximum Gasteiger partial charge on any atom is 0.410 e. The number of rotatable bonds is 2. The first-order valence-electron chi connectivity index (χ1n) is 8.09. The van der Waals surface area contributed by atoms with Crippen molar-refractivity contribution in [2.45, 2.75) is 58.2 Å². The number of aliphatic hydroxyl groups is 1. The number of piperidine rings is 1. The summed E-state index contributed by atoms with van der Waals surface area (Å²) in [7, 11) is 0. The van der Waals surface area contributed by atoms with Crippen molar-refractivity contribution in [1.82, 2.24) is 4.90 Å². The zero-order valence-corrected chi connectivity index (χ0v) is 13.5. The van der Waals surface area contributed by atoms with Gasteiger partial charge in [-0.25, -0.2) is 4.79 Å². The number of likely N-dealkylation sites (tertiary alicyclic amines) is 1. The third-order valence-corrected chi connectivity index (χ3v) is 4.37. The van der Waals surface area contributed by atoms with Gasteiger partial charge in [-0.3, -0.25) is 0 Å². The van der Waals surface area contributed by atoms with Crippen molar-refractivity contribution in [1.29, 1.82) is 0 Å². The van der Waals surface area contributed by atoms with E-state index in [-0.39, 0.29) is 12.2 Å². The molecule has 5 heteroatoms. The highest BCUT2D eigenvalue weighted by molar-refractivity contribution is 5.68. The van der Waals surface area contributed by atoms with Crippen molar-refractivity contribution < 1.29 is 19.4 Å². The monoisotopic (exact) mass is 299 g/mol. The Hall–Kier alpha value is -0.810. The van der Waals surface area contributed by atoms with Crippen molar-refractivity contribution >= 4 is 6.09 Å². The van der Waals surface area contributed by atoms with E-state index in [4.69, 9.17) is 9.47 Å². The Labute approximate surface area is 127 Å². The van der Waals surface area contributed by atoms with Gasteiger partial charge >= 0.3 is 6.09 Å². The highest BCUT2D eigenvalue weighted by Gasteiger charge is 2.31. The van der Waals surface area contributed by atoms with Gasteiger partial charge in [0.25, 0.3) is 0 Å². The van der Waals surface area contributed by atoms with Crippen LogP contribution in [0.4, 0.5) is 4.79 Å². The molecule has 0 aromatic rings. The van der Waals surface area contributed by atoms with Gasteiger partial charge in [0, 0.05) is 19.7 Å². The van der Waals surface area contributed by atoms with Gasteiger partial charge in [-0.05, 0) is 58.3 Å². The average molecular weight is 299 g/mol. The lowest BCUT2D eigenvalue weighted by atomic mass is 9.83. The molecule has 0 aliphatic carbocycles. The molecule has 0 bridgehead atoms. The van der Waals surface area contributed by atoms with Gasteiger partial charge in [0.1, 0.15) is 5.60 Å². The molecule has 21 heavy (non-hydrogen) atoms. The van der Waals surface area contributed by atoms with Gasteiger partial charge in [-0.15, -0.1) is 0 Å². The summed E-state index contributed by atoms with van der Waals surface area (Å²) in [6.07, 6.45) is 3.49. The fourth-order valence-electron chi connectivity index (χ4n) is 3.15. The number of hydrogen-bond acceptors (Lipinski definition) is 4. The fourth-order valence-corrected chi connectivity index (χ4v) is 3.15. The molecule has 0 aromatic heterocycles.